The van der Waals surface area contributed by atoms with Crippen molar-refractivity contribution >= 4 is 12.2 Å². The smallest absolute Gasteiger partial charge is 0.431 e. The van der Waals surface area contributed by atoms with E-state index in [1.807, 2.05) is 0 Å². The molecule has 124 valence electrons. The van der Waals surface area contributed by atoms with Crippen molar-refractivity contribution in [2.75, 3.05) is 7.11 Å². The van der Waals surface area contributed by atoms with Gasteiger partial charge < -0.3 is 14.4 Å². The van der Waals surface area contributed by atoms with Gasteiger partial charge in [-0.25, -0.2) is 4.57 Å². The number of hydrogen-bond donors (Lipinski definition) is 1. The third-order valence-electron chi connectivity index (χ3n) is 3.36. The number of aromatic nitrogens is 2. The Bertz CT molecular complexity index is 885. The largest absolute Gasteiger partial charge is 0.503 e. The molecular formula is C14H13F3N2O3S. The van der Waals surface area contributed by atoms with E-state index >= 15 is 0 Å². The van der Waals surface area contributed by atoms with Crippen molar-refractivity contribution in [1.29, 1.82) is 0 Å². The molecule has 0 spiro atoms. The number of phenols is 1. The molecule has 0 aliphatic rings. The molecule has 0 amide bonds. The second-order valence-corrected chi connectivity index (χ2v) is 5.19. The van der Waals surface area contributed by atoms with Gasteiger partial charge in [-0.05, 0) is 30.8 Å². The normalized spacial score (nSPS) is 11.6. The van der Waals surface area contributed by atoms with Gasteiger partial charge in [0.1, 0.15) is 5.69 Å². The van der Waals surface area contributed by atoms with Gasteiger partial charge in [0.25, 0.3) is 5.56 Å². The number of aromatic hydroxyl groups is 1. The Morgan fingerprint density at radius 3 is 2.43 bits per heavy atom. The van der Waals surface area contributed by atoms with Crippen LogP contribution in [0.25, 0.3) is 5.69 Å². The summed E-state index contributed by atoms with van der Waals surface area (Å²) in [5.74, 6) is -0.258. The van der Waals surface area contributed by atoms with Crippen LogP contribution < -0.4 is 10.3 Å². The summed E-state index contributed by atoms with van der Waals surface area (Å²) < 4.78 is 44.9. The third kappa shape index (κ3) is 2.83. The van der Waals surface area contributed by atoms with Crippen molar-refractivity contribution in [3.8, 4) is 17.2 Å². The van der Waals surface area contributed by atoms with Gasteiger partial charge in [-0.1, -0.05) is 6.07 Å². The van der Waals surface area contributed by atoms with Crippen LogP contribution in [0.1, 0.15) is 11.3 Å². The summed E-state index contributed by atoms with van der Waals surface area (Å²) in [4.78, 5) is 12.1. The number of rotatable bonds is 2. The number of benzene rings is 1. The molecule has 23 heavy (non-hydrogen) atoms. The topological polar surface area (TPSA) is 56.4 Å². The highest BCUT2D eigenvalue weighted by molar-refractivity contribution is 7.71. The Kier molecular flexibility index (Phi) is 4.25. The lowest BCUT2D eigenvalue weighted by atomic mass is 10.1. The molecule has 1 aromatic carbocycles. The van der Waals surface area contributed by atoms with Gasteiger partial charge in [-0.15, -0.1) is 0 Å². The third-order valence-corrected chi connectivity index (χ3v) is 3.82. The maximum absolute atomic E-state index is 12.9. The van der Waals surface area contributed by atoms with Crippen LogP contribution in [-0.4, -0.2) is 21.4 Å². The van der Waals surface area contributed by atoms with Gasteiger partial charge in [-0.2, -0.15) is 13.2 Å². The second-order valence-electron chi connectivity index (χ2n) is 4.83. The maximum atomic E-state index is 12.9. The van der Waals surface area contributed by atoms with Crippen molar-refractivity contribution in [2.45, 2.75) is 13.1 Å². The van der Waals surface area contributed by atoms with Crippen LogP contribution in [0.5, 0.6) is 11.5 Å². The van der Waals surface area contributed by atoms with Crippen LogP contribution in [0.3, 0.4) is 0 Å². The van der Waals surface area contributed by atoms with Crippen LogP contribution >= 0.6 is 12.2 Å². The highest BCUT2D eigenvalue weighted by Crippen LogP contribution is 2.35. The van der Waals surface area contributed by atoms with Gasteiger partial charge in [0.05, 0.1) is 12.8 Å². The SMILES string of the molecule is COc1c(C)ccc(-n2c(=O)cc(C(F)(F)F)n(C)c2=S)c1O. The van der Waals surface area contributed by atoms with E-state index in [2.05, 4.69) is 0 Å². The van der Waals surface area contributed by atoms with E-state index in [1.54, 1.807) is 13.0 Å². The van der Waals surface area contributed by atoms with Crippen LogP contribution in [0.4, 0.5) is 13.2 Å². The zero-order valence-corrected chi connectivity index (χ0v) is 13.2. The van der Waals surface area contributed by atoms with E-state index in [1.165, 1.54) is 13.2 Å². The van der Waals surface area contributed by atoms with Gasteiger partial charge >= 0.3 is 6.18 Å². The van der Waals surface area contributed by atoms with E-state index in [-0.39, 0.29) is 17.2 Å². The first-order chi connectivity index (χ1) is 10.6. The Balaban J connectivity index is 2.85. The molecule has 0 saturated carbocycles. The second kappa shape index (κ2) is 5.73. The lowest BCUT2D eigenvalue weighted by Crippen LogP contribution is -2.27. The number of nitrogens with zero attached hydrogens (tertiary/aromatic N) is 2. The molecule has 1 N–H and O–H groups in total. The zero-order chi connectivity index (χ0) is 17.5. The number of phenolic OH excluding ortho intramolecular Hbond substituents is 1. The highest BCUT2D eigenvalue weighted by Gasteiger charge is 2.34. The van der Waals surface area contributed by atoms with E-state index in [0.717, 1.165) is 11.6 Å². The Morgan fingerprint density at radius 1 is 1.30 bits per heavy atom. The summed E-state index contributed by atoms with van der Waals surface area (Å²) in [6.45, 7) is 1.67. The minimum Gasteiger partial charge on any atom is -0.503 e. The maximum Gasteiger partial charge on any atom is 0.431 e. The summed E-state index contributed by atoms with van der Waals surface area (Å²) in [6, 6.07) is 3.38. The zero-order valence-electron chi connectivity index (χ0n) is 12.4. The molecule has 5 nitrogen and oxygen atoms in total. The van der Waals surface area contributed by atoms with Crippen LogP contribution in [0.15, 0.2) is 23.0 Å². The van der Waals surface area contributed by atoms with Crippen molar-refractivity contribution in [2.24, 2.45) is 7.05 Å². The van der Waals surface area contributed by atoms with Crippen molar-refractivity contribution in [3.63, 3.8) is 0 Å². The minimum absolute atomic E-state index is 0.0493. The van der Waals surface area contributed by atoms with Crippen molar-refractivity contribution in [1.82, 2.24) is 9.13 Å². The summed E-state index contributed by atoms with van der Waals surface area (Å²) in [5.41, 5.74) is -1.61. The molecule has 0 bridgehead atoms. The number of hydrogen-bond acceptors (Lipinski definition) is 4. The minimum atomic E-state index is -4.71. The fraction of sp³-hybridized carbons (Fsp3) is 0.286. The lowest BCUT2D eigenvalue weighted by Gasteiger charge is -2.17. The van der Waals surface area contributed by atoms with Crippen molar-refractivity contribution < 1.29 is 23.0 Å². The number of halogens is 3. The molecule has 0 unspecified atom stereocenters. The molecular weight excluding hydrogens is 333 g/mol. The van der Waals surface area contributed by atoms with Crippen LogP contribution in [0, 0.1) is 11.7 Å². The van der Waals surface area contributed by atoms with Crippen LogP contribution in [0.2, 0.25) is 0 Å². The molecule has 2 rings (SSSR count). The van der Waals surface area contributed by atoms with Gasteiger partial charge in [0.15, 0.2) is 16.3 Å². The van der Waals surface area contributed by atoms with Crippen LogP contribution in [-0.2, 0) is 13.2 Å². The van der Waals surface area contributed by atoms with E-state index in [0.29, 0.717) is 16.2 Å². The predicted octanol–water partition coefficient (Wildman–Crippen LogP) is 2.95. The fourth-order valence-electron chi connectivity index (χ4n) is 2.22. The molecule has 0 saturated heterocycles. The summed E-state index contributed by atoms with van der Waals surface area (Å²) >= 11 is 4.97. The first-order valence-electron chi connectivity index (χ1n) is 6.36. The number of methoxy groups -OCH3 is 1. The first kappa shape index (κ1) is 17.1. The molecule has 1 aromatic heterocycles. The van der Waals surface area contributed by atoms with Gasteiger partial charge in [0, 0.05) is 13.1 Å². The average Bonchev–Trinajstić information content (AvgIpc) is 2.44. The molecule has 0 atom stereocenters. The van der Waals surface area contributed by atoms with E-state index in [4.69, 9.17) is 17.0 Å². The molecule has 9 heteroatoms. The van der Waals surface area contributed by atoms with E-state index in [9.17, 15) is 23.1 Å². The lowest BCUT2D eigenvalue weighted by molar-refractivity contribution is -0.143. The monoisotopic (exact) mass is 346 g/mol. The Labute approximate surface area is 134 Å². The number of aryl methyl sites for hydroxylation is 1. The first-order valence-corrected chi connectivity index (χ1v) is 6.77. The van der Waals surface area contributed by atoms with Gasteiger partial charge in [0.2, 0.25) is 0 Å². The quantitative estimate of drug-likeness (QED) is 0.850. The predicted molar refractivity (Wildman–Crippen MR) is 79.8 cm³/mol. The summed E-state index contributed by atoms with van der Waals surface area (Å²) in [7, 11) is 2.43. The van der Waals surface area contributed by atoms with Gasteiger partial charge in [-0.3, -0.25) is 4.79 Å². The van der Waals surface area contributed by atoms with E-state index < -0.39 is 22.2 Å². The molecule has 2 aromatic rings. The average molecular weight is 346 g/mol. The number of ether oxygens (including phenoxy) is 1. The summed E-state index contributed by atoms with van der Waals surface area (Å²) in [6.07, 6.45) is -4.71. The highest BCUT2D eigenvalue weighted by atomic mass is 32.1. The number of alkyl halides is 3. The standard InChI is InChI=1S/C14H13F3N2O3S/c1-7-4-5-8(11(21)12(7)22-3)19-10(20)6-9(14(15,16)17)18(2)13(19)23/h4-6,21H,1-3H3. The fourth-order valence-corrected chi connectivity index (χ4v) is 2.51. The Morgan fingerprint density at radius 2 is 1.91 bits per heavy atom. The molecule has 0 fully saturated rings. The molecule has 1 heterocycles. The molecule has 0 aliphatic carbocycles. The van der Waals surface area contributed by atoms with Crippen molar-refractivity contribution in [3.05, 3.63) is 44.6 Å². The Hall–Kier alpha value is -2.29. The molecule has 0 radical (unpaired) electrons. The molecule has 0 aliphatic heterocycles. The summed E-state index contributed by atoms with van der Waals surface area (Å²) in [5, 5.41) is 10.2.